The minimum absolute atomic E-state index is 0.137. The van der Waals surface area contributed by atoms with E-state index in [-0.39, 0.29) is 17.6 Å². The minimum atomic E-state index is -1.06. The highest BCUT2D eigenvalue weighted by molar-refractivity contribution is 5.94. The van der Waals surface area contributed by atoms with Crippen LogP contribution in [0.3, 0.4) is 0 Å². The lowest BCUT2D eigenvalue weighted by atomic mass is 9.99. The zero-order valence-electron chi connectivity index (χ0n) is 14.1. The fourth-order valence-electron chi connectivity index (χ4n) is 2.45. The summed E-state index contributed by atoms with van der Waals surface area (Å²) >= 11 is 0. The predicted molar refractivity (Wildman–Crippen MR) is 92.3 cm³/mol. The van der Waals surface area contributed by atoms with Gasteiger partial charge in [-0.15, -0.1) is 0 Å². The Morgan fingerprint density at radius 2 is 1.80 bits per heavy atom. The van der Waals surface area contributed by atoms with Crippen LogP contribution in [-0.2, 0) is 16.0 Å². The summed E-state index contributed by atoms with van der Waals surface area (Å²) in [7, 11) is 1.65. The minimum Gasteiger partial charge on any atom is -0.482 e. The molecule has 0 bridgehead atoms. The summed E-state index contributed by atoms with van der Waals surface area (Å²) in [5.41, 5.74) is 1.15. The number of rotatable bonds is 7. The zero-order valence-corrected chi connectivity index (χ0v) is 14.1. The highest BCUT2D eigenvalue weighted by Crippen LogP contribution is 2.21. The average Bonchev–Trinajstić information content (AvgIpc) is 2.61. The highest BCUT2D eigenvalue weighted by atomic mass is 19.1. The number of aliphatic carboxylic acids is 1. The Hall–Kier alpha value is -2.89. The standard InChI is InChI=1S/C19H20FNO4/c1-13(11-14-5-3-4-6-17(14)20)19(24)21(2)15-7-9-16(10-8-15)25-12-18(22)23/h3-10,13H,11-12H2,1-2H3,(H,22,23). The van der Waals surface area contributed by atoms with Gasteiger partial charge in [-0.1, -0.05) is 25.1 Å². The molecule has 2 rings (SSSR count). The zero-order chi connectivity index (χ0) is 18.4. The smallest absolute Gasteiger partial charge is 0.341 e. The van der Waals surface area contributed by atoms with Crippen LogP contribution >= 0.6 is 0 Å². The van der Waals surface area contributed by atoms with Gasteiger partial charge in [0.2, 0.25) is 5.91 Å². The van der Waals surface area contributed by atoms with E-state index in [2.05, 4.69) is 0 Å². The third kappa shape index (κ3) is 5.04. The lowest BCUT2D eigenvalue weighted by Gasteiger charge is -2.22. The number of amides is 1. The maximum atomic E-state index is 13.7. The maximum absolute atomic E-state index is 13.7. The van der Waals surface area contributed by atoms with E-state index in [9.17, 15) is 14.0 Å². The fraction of sp³-hybridized carbons (Fsp3) is 0.263. The van der Waals surface area contributed by atoms with Crippen LogP contribution < -0.4 is 9.64 Å². The number of hydrogen-bond donors (Lipinski definition) is 1. The maximum Gasteiger partial charge on any atom is 0.341 e. The SMILES string of the molecule is CC(Cc1ccccc1F)C(=O)N(C)c1ccc(OCC(=O)O)cc1. The summed E-state index contributed by atoms with van der Waals surface area (Å²) in [4.78, 5) is 24.5. The van der Waals surface area contributed by atoms with E-state index in [4.69, 9.17) is 9.84 Å². The largest absolute Gasteiger partial charge is 0.482 e. The van der Waals surface area contributed by atoms with Crippen molar-refractivity contribution in [3.63, 3.8) is 0 Å². The Balaban J connectivity index is 2.01. The molecule has 0 aliphatic heterocycles. The Morgan fingerprint density at radius 1 is 1.16 bits per heavy atom. The summed E-state index contributed by atoms with van der Waals surface area (Å²) in [6.07, 6.45) is 0.315. The number of carbonyl (C=O) groups is 2. The number of benzene rings is 2. The second kappa shape index (κ2) is 8.28. The molecule has 1 amide bonds. The summed E-state index contributed by atoms with van der Waals surface area (Å²) in [5.74, 6) is -1.48. The number of carbonyl (C=O) groups excluding carboxylic acids is 1. The van der Waals surface area contributed by atoms with E-state index >= 15 is 0 Å². The molecule has 0 aromatic heterocycles. The molecule has 0 fully saturated rings. The Bertz CT molecular complexity index is 745. The Kier molecular flexibility index (Phi) is 6.11. The molecule has 0 aliphatic carbocycles. The second-order valence-corrected chi connectivity index (χ2v) is 5.77. The molecule has 25 heavy (non-hydrogen) atoms. The van der Waals surface area contributed by atoms with Crippen molar-refractivity contribution in [2.45, 2.75) is 13.3 Å². The van der Waals surface area contributed by atoms with Gasteiger partial charge in [-0.2, -0.15) is 0 Å². The van der Waals surface area contributed by atoms with Crippen LogP contribution in [0.5, 0.6) is 5.75 Å². The van der Waals surface area contributed by atoms with Crippen molar-refractivity contribution < 1.29 is 23.8 Å². The topological polar surface area (TPSA) is 66.8 Å². The van der Waals surface area contributed by atoms with Crippen molar-refractivity contribution >= 4 is 17.6 Å². The molecule has 6 heteroatoms. The van der Waals surface area contributed by atoms with E-state index in [1.54, 1.807) is 56.4 Å². The molecule has 1 atom stereocenters. The number of carboxylic acids is 1. The Morgan fingerprint density at radius 3 is 2.40 bits per heavy atom. The average molecular weight is 345 g/mol. The van der Waals surface area contributed by atoms with Gasteiger partial charge < -0.3 is 14.7 Å². The van der Waals surface area contributed by atoms with E-state index in [1.807, 2.05) is 0 Å². The lowest BCUT2D eigenvalue weighted by molar-refractivity contribution is -0.139. The molecule has 132 valence electrons. The van der Waals surface area contributed by atoms with Crippen LogP contribution in [0.1, 0.15) is 12.5 Å². The van der Waals surface area contributed by atoms with E-state index in [1.165, 1.54) is 11.0 Å². The van der Waals surface area contributed by atoms with Crippen LogP contribution in [0, 0.1) is 11.7 Å². The molecule has 0 radical (unpaired) electrons. The monoisotopic (exact) mass is 345 g/mol. The van der Waals surface area contributed by atoms with Gasteiger partial charge >= 0.3 is 5.97 Å². The lowest BCUT2D eigenvalue weighted by Crippen LogP contribution is -2.32. The molecular weight excluding hydrogens is 325 g/mol. The second-order valence-electron chi connectivity index (χ2n) is 5.77. The normalized spacial score (nSPS) is 11.6. The van der Waals surface area contributed by atoms with E-state index in [0.29, 0.717) is 23.4 Å². The molecule has 5 nitrogen and oxygen atoms in total. The van der Waals surface area contributed by atoms with Crippen LogP contribution in [0.15, 0.2) is 48.5 Å². The third-order valence-corrected chi connectivity index (χ3v) is 3.82. The van der Waals surface area contributed by atoms with E-state index in [0.717, 1.165) is 0 Å². The van der Waals surface area contributed by atoms with Crippen molar-refractivity contribution in [1.29, 1.82) is 0 Å². The van der Waals surface area contributed by atoms with Crippen LogP contribution in [-0.4, -0.2) is 30.6 Å². The molecular formula is C19H20FNO4. The molecule has 0 saturated heterocycles. The van der Waals surface area contributed by atoms with Crippen molar-refractivity contribution in [2.75, 3.05) is 18.6 Å². The van der Waals surface area contributed by atoms with Gasteiger partial charge in [0.05, 0.1) is 0 Å². The molecule has 2 aromatic carbocycles. The molecule has 0 heterocycles. The van der Waals surface area contributed by atoms with E-state index < -0.39 is 12.6 Å². The first kappa shape index (κ1) is 18.4. The molecule has 2 aromatic rings. The number of halogens is 1. The third-order valence-electron chi connectivity index (χ3n) is 3.82. The molecule has 0 saturated carbocycles. The Labute approximate surface area is 145 Å². The number of hydrogen-bond acceptors (Lipinski definition) is 3. The molecule has 0 aliphatic rings. The summed E-state index contributed by atoms with van der Waals surface area (Å²) in [6, 6.07) is 13.0. The van der Waals surface area contributed by atoms with Crippen molar-refractivity contribution in [3.05, 3.63) is 59.9 Å². The van der Waals surface area contributed by atoms with Gasteiger partial charge in [0.25, 0.3) is 0 Å². The van der Waals surface area contributed by atoms with Crippen LogP contribution in [0.4, 0.5) is 10.1 Å². The highest BCUT2D eigenvalue weighted by Gasteiger charge is 2.20. The van der Waals surface area contributed by atoms with Crippen molar-refractivity contribution in [3.8, 4) is 5.75 Å². The summed E-state index contributed by atoms with van der Waals surface area (Å²) in [5, 5.41) is 8.59. The first-order valence-corrected chi connectivity index (χ1v) is 7.84. The quantitative estimate of drug-likeness (QED) is 0.837. The van der Waals surface area contributed by atoms with Gasteiger partial charge in [-0.3, -0.25) is 4.79 Å². The molecule has 1 unspecified atom stereocenters. The molecule has 1 N–H and O–H groups in total. The number of carboxylic acid groups (broad SMARTS) is 1. The van der Waals surface area contributed by atoms with Gasteiger partial charge in [0.15, 0.2) is 6.61 Å². The fourth-order valence-corrected chi connectivity index (χ4v) is 2.45. The first-order chi connectivity index (χ1) is 11.9. The molecule has 0 spiro atoms. The summed E-state index contributed by atoms with van der Waals surface area (Å²) < 4.78 is 18.8. The number of anilines is 1. The number of nitrogens with zero attached hydrogens (tertiary/aromatic N) is 1. The van der Waals surface area contributed by atoms with Crippen LogP contribution in [0.2, 0.25) is 0 Å². The number of ether oxygens (including phenoxy) is 1. The van der Waals surface area contributed by atoms with Gasteiger partial charge in [-0.25, -0.2) is 9.18 Å². The van der Waals surface area contributed by atoms with Crippen LogP contribution in [0.25, 0.3) is 0 Å². The first-order valence-electron chi connectivity index (χ1n) is 7.84. The van der Waals surface area contributed by atoms with Gasteiger partial charge in [-0.05, 0) is 42.3 Å². The van der Waals surface area contributed by atoms with Gasteiger partial charge in [0.1, 0.15) is 11.6 Å². The van der Waals surface area contributed by atoms with Crippen molar-refractivity contribution in [2.24, 2.45) is 5.92 Å². The van der Waals surface area contributed by atoms with Crippen molar-refractivity contribution in [1.82, 2.24) is 0 Å². The predicted octanol–water partition coefficient (Wildman–Crippen LogP) is 3.13. The summed E-state index contributed by atoms with van der Waals surface area (Å²) in [6.45, 7) is 1.34. The van der Waals surface area contributed by atoms with Gasteiger partial charge in [0, 0.05) is 18.7 Å².